The molecule has 0 aromatic carbocycles. The molecule has 1 aliphatic rings. The van der Waals surface area contributed by atoms with E-state index in [2.05, 4.69) is 25.2 Å². The maximum Gasteiger partial charge on any atom is 0.0727 e. The van der Waals surface area contributed by atoms with E-state index in [1.807, 2.05) is 11.3 Å². The van der Waals surface area contributed by atoms with Crippen LogP contribution in [-0.4, -0.2) is 13.2 Å². The van der Waals surface area contributed by atoms with E-state index in [1.54, 1.807) is 0 Å². The molecule has 1 aliphatic carbocycles. The van der Waals surface area contributed by atoms with Crippen LogP contribution in [0.4, 0.5) is 0 Å². The average Bonchev–Trinajstić information content (AvgIpc) is 3.05. The van der Waals surface area contributed by atoms with Gasteiger partial charge >= 0.3 is 0 Å². The molecule has 0 bridgehead atoms. The zero-order valence-corrected chi connectivity index (χ0v) is 11.7. The second-order valence-corrected chi connectivity index (χ2v) is 6.27. The topological polar surface area (TPSA) is 21.3 Å². The van der Waals surface area contributed by atoms with E-state index in [0.717, 1.165) is 32.2 Å². The Labute approximate surface area is 108 Å². The van der Waals surface area contributed by atoms with Crippen molar-refractivity contribution in [2.24, 2.45) is 5.92 Å². The molecule has 3 heteroatoms. The molecular formula is C14H23NOS. The lowest BCUT2D eigenvalue weighted by molar-refractivity contribution is 0.111. The Bertz CT molecular complexity index is 344. The van der Waals surface area contributed by atoms with Crippen molar-refractivity contribution in [1.82, 2.24) is 5.32 Å². The summed E-state index contributed by atoms with van der Waals surface area (Å²) in [5.74, 6) is 0.861. The van der Waals surface area contributed by atoms with Gasteiger partial charge in [0.05, 0.1) is 6.61 Å². The van der Waals surface area contributed by atoms with Gasteiger partial charge in [0.25, 0.3) is 0 Å². The van der Waals surface area contributed by atoms with Crippen LogP contribution < -0.4 is 5.32 Å². The van der Waals surface area contributed by atoms with Gasteiger partial charge in [-0.1, -0.05) is 6.92 Å². The van der Waals surface area contributed by atoms with Gasteiger partial charge in [-0.05, 0) is 50.3 Å². The smallest absolute Gasteiger partial charge is 0.0727 e. The summed E-state index contributed by atoms with van der Waals surface area (Å²) in [7, 11) is 0. The van der Waals surface area contributed by atoms with E-state index in [0.29, 0.717) is 0 Å². The molecule has 2 rings (SSSR count). The van der Waals surface area contributed by atoms with Crippen molar-refractivity contribution in [3.63, 3.8) is 0 Å². The molecule has 0 unspecified atom stereocenters. The maximum atomic E-state index is 5.75. The first-order valence-corrected chi connectivity index (χ1v) is 7.48. The Hall–Kier alpha value is -0.380. The lowest BCUT2D eigenvalue weighted by Gasteiger charge is -2.01. The van der Waals surface area contributed by atoms with Crippen molar-refractivity contribution in [2.45, 2.75) is 46.3 Å². The Morgan fingerprint density at radius 1 is 1.47 bits per heavy atom. The fourth-order valence-electron chi connectivity index (χ4n) is 1.83. The van der Waals surface area contributed by atoms with E-state index in [4.69, 9.17) is 4.74 Å². The van der Waals surface area contributed by atoms with Crippen LogP contribution in [0.5, 0.6) is 0 Å². The molecule has 1 heterocycles. The van der Waals surface area contributed by atoms with E-state index >= 15 is 0 Å². The lowest BCUT2D eigenvalue weighted by atomic mass is 10.2. The standard InChI is InChI=1S/C14H23NOS/c1-3-6-15-8-14-7-13(11(2)17-14)10-16-9-12-4-5-12/h7,12,15H,3-6,8-10H2,1-2H3. The molecule has 1 aromatic heterocycles. The summed E-state index contributed by atoms with van der Waals surface area (Å²) in [4.78, 5) is 2.84. The zero-order valence-electron chi connectivity index (χ0n) is 10.9. The first kappa shape index (κ1) is 13.1. The Kier molecular flexibility index (Phi) is 5.01. The Morgan fingerprint density at radius 2 is 2.29 bits per heavy atom. The summed E-state index contributed by atoms with van der Waals surface area (Å²) >= 11 is 1.90. The molecule has 1 saturated carbocycles. The number of thiophene rings is 1. The van der Waals surface area contributed by atoms with Gasteiger partial charge in [0.2, 0.25) is 0 Å². The molecule has 0 saturated heterocycles. The van der Waals surface area contributed by atoms with E-state index in [1.165, 1.54) is 34.6 Å². The fraction of sp³-hybridized carbons (Fsp3) is 0.714. The molecule has 2 nitrogen and oxygen atoms in total. The third kappa shape index (κ3) is 4.41. The number of rotatable bonds is 8. The molecule has 96 valence electrons. The van der Waals surface area contributed by atoms with E-state index in [-0.39, 0.29) is 0 Å². The highest BCUT2D eigenvalue weighted by Gasteiger charge is 2.21. The molecule has 0 atom stereocenters. The first-order chi connectivity index (χ1) is 8.29. The number of aryl methyl sites for hydroxylation is 1. The molecular weight excluding hydrogens is 230 g/mol. The molecule has 1 aromatic rings. The highest BCUT2D eigenvalue weighted by molar-refractivity contribution is 7.12. The second-order valence-electron chi connectivity index (χ2n) is 4.93. The molecule has 0 radical (unpaired) electrons. The van der Waals surface area contributed by atoms with Crippen LogP contribution in [0.3, 0.4) is 0 Å². The largest absolute Gasteiger partial charge is 0.376 e. The van der Waals surface area contributed by atoms with Gasteiger partial charge in [-0.2, -0.15) is 0 Å². The van der Waals surface area contributed by atoms with Crippen LogP contribution in [0.15, 0.2) is 6.07 Å². The first-order valence-electron chi connectivity index (χ1n) is 6.66. The highest BCUT2D eigenvalue weighted by Crippen LogP contribution is 2.29. The van der Waals surface area contributed by atoms with Gasteiger partial charge in [-0.3, -0.25) is 0 Å². The van der Waals surface area contributed by atoms with Crippen molar-refractivity contribution in [1.29, 1.82) is 0 Å². The third-order valence-corrected chi connectivity index (χ3v) is 4.20. The summed E-state index contributed by atoms with van der Waals surface area (Å²) in [6.07, 6.45) is 3.94. The summed E-state index contributed by atoms with van der Waals surface area (Å²) in [5.41, 5.74) is 1.38. The highest BCUT2D eigenvalue weighted by atomic mass is 32.1. The Morgan fingerprint density at radius 3 is 3.00 bits per heavy atom. The van der Waals surface area contributed by atoms with Gasteiger partial charge in [0.15, 0.2) is 0 Å². The molecule has 0 amide bonds. The van der Waals surface area contributed by atoms with E-state index in [9.17, 15) is 0 Å². The van der Waals surface area contributed by atoms with Crippen LogP contribution in [0.2, 0.25) is 0 Å². The number of nitrogens with one attached hydrogen (secondary N) is 1. The number of hydrogen-bond acceptors (Lipinski definition) is 3. The predicted octanol–water partition coefficient (Wildman–Crippen LogP) is 3.48. The van der Waals surface area contributed by atoms with Crippen LogP contribution >= 0.6 is 11.3 Å². The van der Waals surface area contributed by atoms with Gasteiger partial charge in [-0.15, -0.1) is 11.3 Å². The third-order valence-electron chi connectivity index (χ3n) is 3.11. The quantitative estimate of drug-likeness (QED) is 0.716. The minimum atomic E-state index is 0.798. The molecule has 1 fully saturated rings. The minimum Gasteiger partial charge on any atom is -0.376 e. The molecule has 0 spiro atoms. The fourth-order valence-corrected chi connectivity index (χ4v) is 2.84. The summed E-state index contributed by atoms with van der Waals surface area (Å²) < 4.78 is 5.75. The van der Waals surface area contributed by atoms with Crippen LogP contribution in [0.1, 0.15) is 41.5 Å². The lowest BCUT2D eigenvalue weighted by Crippen LogP contribution is -2.12. The summed E-state index contributed by atoms with van der Waals surface area (Å²) in [6.45, 7) is 8.26. The van der Waals surface area contributed by atoms with Crippen molar-refractivity contribution >= 4 is 11.3 Å². The second kappa shape index (κ2) is 6.53. The molecule has 1 N–H and O–H groups in total. The van der Waals surface area contributed by atoms with Crippen LogP contribution in [0, 0.1) is 12.8 Å². The minimum absolute atomic E-state index is 0.798. The molecule has 0 aliphatic heterocycles. The summed E-state index contributed by atoms with van der Waals surface area (Å²) in [5, 5.41) is 3.45. The van der Waals surface area contributed by atoms with Gasteiger partial charge in [-0.25, -0.2) is 0 Å². The van der Waals surface area contributed by atoms with Crippen molar-refractivity contribution < 1.29 is 4.74 Å². The normalized spacial score (nSPS) is 15.4. The van der Waals surface area contributed by atoms with Crippen molar-refractivity contribution in [3.05, 3.63) is 21.4 Å². The van der Waals surface area contributed by atoms with E-state index < -0.39 is 0 Å². The predicted molar refractivity (Wildman–Crippen MR) is 73.4 cm³/mol. The number of ether oxygens (including phenoxy) is 1. The SMILES string of the molecule is CCCNCc1cc(COCC2CC2)c(C)s1. The van der Waals surface area contributed by atoms with Crippen LogP contribution in [0.25, 0.3) is 0 Å². The average molecular weight is 253 g/mol. The van der Waals surface area contributed by atoms with Gasteiger partial charge < -0.3 is 10.1 Å². The zero-order chi connectivity index (χ0) is 12.1. The summed E-state index contributed by atoms with van der Waals surface area (Å²) in [6, 6.07) is 2.30. The van der Waals surface area contributed by atoms with Gasteiger partial charge in [0, 0.05) is 22.9 Å². The monoisotopic (exact) mass is 253 g/mol. The van der Waals surface area contributed by atoms with Crippen LogP contribution in [-0.2, 0) is 17.9 Å². The van der Waals surface area contributed by atoms with Crippen molar-refractivity contribution in [3.8, 4) is 0 Å². The number of hydrogen-bond donors (Lipinski definition) is 1. The van der Waals surface area contributed by atoms with Crippen molar-refractivity contribution in [2.75, 3.05) is 13.2 Å². The maximum absolute atomic E-state index is 5.75. The molecule has 17 heavy (non-hydrogen) atoms. The van der Waals surface area contributed by atoms with Gasteiger partial charge in [0.1, 0.15) is 0 Å². The Balaban J connectivity index is 1.75.